The molecule has 7 nitrogen and oxygen atoms in total. The Labute approximate surface area is 152 Å². The van der Waals surface area contributed by atoms with E-state index in [1.165, 1.54) is 4.90 Å². The van der Waals surface area contributed by atoms with E-state index in [2.05, 4.69) is 10.3 Å². The lowest BCUT2D eigenvalue weighted by Gasteiger charge is -2.32. The monoisotopic (exact) mass is 384 g/mol. The van der Waals surface area contributed by atoms with Gasteiger partial charge in [0.1, 0.15) is 5.69 Å². The van der Waals surface area contributed by atoms with Crippen LogP contribution in [0, 0.1) is 0 Å². The summed E-state index contributed by atoms with van der Waals surface area (Å²) < 4.78 is 46.5. The van der Waals surface area contributed by atoms with Gasteiger partial charge in [-0.25, -0.2) is 0 Å². The topological polar surface area (TPSA) is 84.4 Å². The molecule has 0 spiro atoms. The average molecular weight is 384 g/mol. The number of hydrogen-bond acceptors (Lipinski definition) is 5. The van der Waals surface area contributed by atoms with Crippen LogP contribution in [0.15, 0.2) is 10.6 Å². The van der Waals surface area contributed by atoms with Crippen LogP contribution in [-0.4, -0.2) is 43.6 Å². The van der Waals surface area contributed by atoms with Gasteiger partial charge in [0.05, 0.1) is 6.54 Å². The highest BCUT2D eigenvalue weighted by molar-refractivity contribution is 5.92. The first-order chi connectivity index (χ1) is 12.6. The minimum absolute atomic E-state index is 0.0123. The van der Waals surface area contributed by atoms with Crippen LogP contribution < -0.4 is 0 Å². The number of aliphatic hydroxyl groups is 1. The minimum atomic E-state index is -4.89. The molecule has 2 aliphatic heterocycles. The highest BCUT2D eigenvalue weighted by atomic mass is 19.4. The predicted molar refractivity (Wildman–Crippen MR) is 85.8 cm³/mol. The second-order valence-electron chi connectivity index (χ2n) is 7.37. The molecule has 4 rings (SSSR count). The molecule has 0 bridgehead atoms. The van der Waals surface area contributed by atoms with E-state index in [1.807, 2.05) is 0 Å². The number of halogens is 3. The molecule has 27 heavy (non-hydrogen) atoms. The largest absolute Gasteiger partial charge is 0.422 e. The SMILES string of the molecule is C[C@H]1CN(C(=O)c2cc3n(n2)CCC3)Cc2onc([C@@](C)(O)C(F)(F)F)c21. The molecule has 1 N–H and O–H groups in total. The van der Waals surface area contributed by atoms with Gasteiger partial charge in [-0.3, -0.25) is 9.48 Å². The van der Waals surface area contributed by atoms with Crippen molar-refractivity contribution in [3.05, 3.63) is 34.5 Å². The fourth-order valence-electron chi connectivity index (χ4n) is 3.78. The number of carbonyl (C=O) groups is 1. The molecule has 146 valence electrons. The molecule has 2 aromatic heterocycles. The number of amides is 1. The summed E-state index contributed by atoms with van der Waals surface area (Å²) in [5.41, 5.74) is -2.11. The Morgan fingerprint density at radius 2 is 2.15 bits per heavy atom. The van der Waals surface area contributed by atoms with E-state index in [9.17, 15) is 23.1 Å². The van der Waals surface area contributed by atoms with Crippen molar-refractivity contribution in [1.29, 1.82) is 0 Å². The fraction of sp³-hybridized carbons (Fsp3) is 0.588. The first-order valence-corrected chi connectivity index (χ1v) is 8.73. The molecule has 2 aromatic rings. The normalized spacial score (nSPS) is 21.7. The standard InChI is InChI=1S/C17H19F3N4O3/c1-9-7-23(15(25)11-6-10-4-3-5-24(10)21-11)8-12-13(9)14(22-27-12)16(2,26)17(18,19)20/h6,9,26H,3-5,7-8H2,1-2H3/t9-,16+/m0/s1. The number of aromatic nitrogens is 3. The number of nitrogens with zero attached hydrogens (tertiary/aromatic N) is 4. The quantitative estimate of drug-likeness (QED) is 0.859. The predicted octanol–water partition coefficient (Wildman–Crippen LogP) is 2.35. The summed E-state index contributed by atoms with van der Waals surface area (Å²) in [7, 11) is 0. The Bertz CT molecular complexity index is 878. The molecule has 0 aromatic carbocycles. The molecule has 2 atom stereocenters. The summed E-state index contributed by atoms with van der Waals surface area (Å²) in [5, 5.41) is 17.8. The second kappa shape index (κ2) is 5.82. The molecule has 0 saturated carbocycles. The molecule has 0 saturated heterocycles. The molecular formula is C17H19F3N4O3. The molecule has 10 heteroatoms. The van der Waals surface area contributed by atoms with Gasteiger partial charge in [-0.2, -0.15) is 18.3 Å². The first-order valence-electron chi connectivity index (χ1n) is 8.73. The summed E-state index contributed by atoms with van der Waals surface area (Å²) in [6.45, 7) is 3.29. The van der Waals surface area contributed by atoms with Crippen LogP contribution >= 0.6 is 0 Å². The summed E-state index contributed by atoms with van der Waals surface area (Å²) in [6, 6.07) is 1.76. The maximum atomic E-state index is 13.2. The Morgan fingerprint density at radius 3 is 2.81 bits per heavy atom. The maximum Gasteiger partial charge on any atom is 0.422 e. The third-order valence-corrected chi connectivity index (χ3v) is 5.31. The van der Waals surface area contributed by atoms with Crippen molar-refractivity contribution in [1.82, 2.24) is 19.8 Å². The fourth-order valence-corrected chi connectivity index (χ4v) is 3.78. The molecule has 0 radical (unpaired) electrons. The van der Waals surface area contributed by atoms with Gasteiger partial charge in [0.2, 0.25) is 5.60 Å². The van der Waals surface area contributed by atoms with Gasteiger partial charge in [-0.05, 0) is 25.8 Å². The highest BCUT2D eigenvalue weighted by Crippen LogP contribution is 2.43. The lowest BCUT2D eigenvalue weighted by molar-refractivity contribution is -0.261. The molecule has 2 aliphatic rings. The van der Waals surface area contributed by atoms with E-state index in [4.69, 9.17) is 4.52 Å². The molecule has 1 amide bonds. The van der Waals surface area contributed by atoms with Crippen molar-refractivity contribution in [2.45, 2.75) is 57.5 Å². The zero-order valence-electron chi connectivity index (χ0n) is 14.9. The van der Waals surface area contributed by atoms with Gasteiger partial charge in [0, 0.05) is 30.3 Å². The van der Waals surface area contributed by atoms with E-state index in [0.29, 0.717) is 12.6 Å². The van der Waals surface area contributed by atoms with Crippen molar-refractivity contribution >= 4 is 5.91 Å². The molecule has 0 fully saturated rings. The zero-order chi connectivity index (χ0) is 19.6. The Hall–Kier alpha value is -2.36. The first kappa shape index (κ1) is 18.0. The van der Waals surface area contributed by atoms with Gasteiger partial charge >= 0.3 is 6.18 Å². The van der Waals surface area contributed by atoms with Crippen molar-refractivity contribution in [2.24, 2.45) is 0 Å². The lowest BCUT2D eigenvalue weighted by atomic mass is 9.87. The zero-order valence-corrected chi connectivity index (χ0v) is 14.9. The van der Waals surface area contributed by atoms with Crippen molar-refractivity contribution < 1.29 is 27.6 Å². The molecular weight excluding hydrogens is 365 g/mol. The van der Waals surface area contributed by atoms with E-state index in [1.54, 1.807) is 17.7 Å². The molecule has 0 unspecified atom stereocenters. The van der Waals surface area contributed by atoms with Gasteiger partial charge in [0.15, 0.2) is 11.5 Å². The van der Waals surface area contributed by atoms with Crippen LogP contribution in [0.2, 0.25) is 0 Å². The number of rotatable bonds is 2. The van der Waals surface area contributed by atoms with Crippen molar-refractivity contribution in [3.63, 3.8) is 0 Å². The number of carbonyl (C=O) groups excluding carboxylic acids is 1. The summed E-state index contributed by atoms with van der Waals surface area (Å²) >= 11 is 0. The van der Waals surface area contributed by atoms with E-state index >= 15 is 0 Å². The van der Waals surface area contributed by atoms with Crippen LogP contribution in [0.3, 0.4) is 0 Å². The van der Waals surface area contributed by atoms with Gasteiger partial charge in [-0.15, -0.1) is 0 Å². The van der Waals surface area contributed by atoms with Gasteiger partial charge < -0.3 is 14.5 Å². The number of hydrogen-bond donors (Lipinski definition) is 1. The Morgan fingerprint density at radius 1 is 1.41 bits per heavy atom. The molecule has 0 aliphatic carbocycles. The number of fused-ring (bicyclic) bond motifs is 2. The van der Waals surface area contributed by atoms with Crippen LogP contribution in [-0.2, 0) is 25.1 Å². The van der Waals surface area contributed by atoms with Crippen LogP contribution in [0.4, 0.5) is 13.2 Å². The van der Waals surface area contributed by atoms with Crippen LogP contribution in [0.25, 0.3) is 0 Å². The Balaban J connectivity index is 1.61. The number of alkyl halides is 3. The number of aryl methyl sites for hydroxylation is 2. The molecule has 4 heterocycles. The lowest BCUT2D eigenvalue weighted by Crippen LogP contribution is -2.42. The van der Waals surface area contributed by atoms with E-state index in [0.717, 1.165) is 25.1 Å². The van der Waals surface area contributed by atoms with Gasteiger partial charge in [0.25, 0.3) is 5.91 Å². The van der Waals surface area contributed by atoms with Gasteiger partial charge in [-0.1, -0.05) is 12.1 Å². The van der Waals surface area contributed by atoms with E-state index < -0.39 is 23.4 Å². The maximum absolute atomic E-state index is 13.2. The third kappa shape index (κ3) is 2.73. The summed E-state index contributed by atoms with van der Waals surface area (Å²) in [6.07, 6.45) is -3.01. The summed E-state index contributed by atoms with van der Waals surface area (Å²) in [5.74, 6) is -0.606. The summed E-state index contributed by atoms with van der Waals surface area (Å²) in [4.78, 5) is 14.3. The van der Waals surface area contributed by atoms with Crippen molar-refractivity contribution in [3.8, 4) is 0 Å². The smallest absolute Gasteiger partial charge is 0.375 e. The van der Waals surface area contributed by atoms with E-state index in [-0.39, 0.29) is 30.3 Å². The Kier molecular flexibility index (Phi) is 3.88. The highest BCUT2D eigenvalue weighted by Gasteiger charge is 2.55. The third-order valence-electron chi connectivity index (χ3n) is 5.31. The van der Waals surface area contributed by atoms with Crippen LogP contribution in [0.5, 0.6) is 0 Å². The van der Waals surface area contributed by atoms with Crippen LogP contribution in [0.1, 0.15) is 59.4 Å². The van der Waals surface area contributed by atoms with Crippen molar-refractivity contribution in [2.75, 3.05) is 6.54 Å². The second-order valence-corrected chi connectivity index (χ2v) is 7.37. The average Bonchev–Trinajstić information content (AvgIpc) is 3.26. The minimum Gasteiger partial charge on any atom is -0.375 e.